The van der Waals surface area contributed by atoms with E-state index in [4.69, 9.17) is 0 Å². The summed E-state index contributed by atoms with van der Waals surface area (Å²) in [4.78, 5) is 2.56. The van der Waals surface area contributed by atoms with Crippen LogP contribution in [0.4, 0.5) is 0 Å². The highest BCUT2D eigenvalue weighted by molar-refractivity contribution is 6.08. The van der Waals surface area contributed by atoms with Crippen LogP contribution in [0.2, 0.25) is 0 Å². The molecule has 2 heteroatoms. The van der Waals surface area contributed by atoms with Crippen molar-refractivity contribution in [2.24, 2.45) is 0 Å². The van der Waals surface area contributed by atoms with Crippen molar-refractivity contribution in [1.82, 2.24) is 4.90 Å². The lowest BCUT2D eigenvalue weighted by Gasteiger charge is -2.52. The van der Waals surface area contributed by atoms with Crippen LogP contribution in [0.15, 0.2) is 0 Å². The molecule has 1 nitrogen and oxygen atoms in total. The van der Waals surface area contributed by atoms with Crippen LogP contribution in [0.5, 0.6) is 0 Å². The summed E-state index contributed by atoms with van der Waals surface area (Å²) >= 11 is 0. The molecule has 0 aromatic carbocycles. The van der Waals surface area contributed by atoms with Crippen molar-refractivity contribution in [2.45, 2.75) is 58.0 Å². The molecule has 1 aliphatic heterocycles. The first-order chi connectivity index (χ1) is 5.40. The van der Waals surface area contributed by atoms with E-state index in [1.54, 1.807) is 0 Å². The molecule has 69 valence electrons. The predicted octanol–water partition coefficient (Wildman–Crippen LogP) is 2.16. The first kappa shape index (κ1) is 10.3. The fourth-order valence-electron chi connectivity index (χ4n) is 2.47. The van der Waals surface area contributed by atoms with Crippen LogP contribution < -0.4 is 0 Å². The fraction of sp³-hybridized carbons (Fsp3) is 1.00. The molecule has 0 atom stereocenters. The fourth-order valence-corrected chi connectivity index (χ4v) is 3.33. The number of hydrogen-bond acceptors (Lipinski definition) is 1. The summed E-state index contributed by atoms with van der Waals surface area (Å²) in [7, 11) is 3.64. The Morgan fingerprint density at radius 2 is 1.50 bits per heavy atom. The van der Waals surface area contributed by atoms with Gasteiger partial charge >= 0.3 is 0 Å². The monoisotopic (exact) mass is 182 g/mol. The molecule has 0 N–H and O–H groups in total. The van der Waals surface area contributed by atoms with Gasteiger partial charge in [0.25, 0.3) is 0 Å². The average Bonchev–Trinajstić information content (AvgIpc) is 1.83. The molecule has 3 radical (unpaired) electrons. The van der Waals surface area contributed by atoms with Gasteiger partial charge in [-0.3, -0.25) is 4.90 Å². The van der Waals surface area contributed by atoms with Crippen LogP contribution in [0.1, 0.15) is 47.0 Å². The third kappa shape index (κ3) is 1.74. The maximum atomic E-state index is 3.64. The van der Waals surface area contributed by atoms with Crippen LogP contribution in [0, 0.1) is 0 Å². The van der Waals surface area contributed by atoms with Crippen LogP contribution in [-0.2, 0) is 0 Å². The van der Waals surface area contributed by atoms with E-state index in [0.717, 1.165) is 6.17 Å². The van der Waals surface area contributed by atoms with Gasteiger partial charge in [0.15, 0.2) is 0 Å². The van der Waals surface area contributed by atoms with Gasteiger partial charge in [-0.15, -0.1) is 0 Å². The van der Waals surface area contributed by atoms with Crippen LogP contribution in [0.25, 0.3) is 0 Å². The summed E-state index contributed by atoms with van der Waals surface area (Å²) in [6.07, 6.45) is 4.99. The van der Waals surface area contributed by atoms with Crippen molar-refractivity contribution in [3.8, 4) is 0 Å². The van der Waals surface area contributed by atoms with Crippen molar-refractivity contribution >= 4 is 10.2 Å². The zero-order valence-electron chi connectivity index (χ0n) is 8.78. The lowest BCUT2D eigenvalue weighted by Crippen LogP contribution is -2.58. The lowest BCUT2D eigenvalue weighted by atomic mass is 9.80. The Balaban J connectivity index is 2.81. The minimum Gasteiger partial charge on any atom is -0.297 e. The van der Waals surface area contributed by atoms with Gasteiger partial charge in [-0.1, -0.05) is 0 Å². The van der Waals surface area contributed by atoms with Crippen molar-refractivity contribution in [3.63, 3.8) is 0 Å². The van der Waals surface area contributed by atoms with Gasteiger partial charge in [-0.25, -0.2) is 0 Å². The molecule has 1 rings (SSSR count). The van der Waals surface area contributed by atoms with E-state index in [0.29, 0.717) is 11.1 Å². The molecular formula is C10H20NSi. The Morgan fingerprint density at radius 3 is 1.75 bits per heavy atom. The number of likely N-dealkylation sites (tertiary alicyclic amines) is 1. The Morgan fingerprint density at radius 1 is 1.08 bits per heavy atom. The molecule has 0 spiro atoms. The first-order valence-electron chi connectivity index (χ1n) is 4.82. The third-order valence-corrected chi connectivity index (χ3v) is 3.51. The van der Waals surface area contributed by atoms with E-state index in [9.17, 15) is 0 Å². The topological polar surface area (TPSA) is 3.24 Å². The Bertz CT molecular complexity index is 147. The molecule has 0 aromatic heterocycles. The van der Waals surface area contributed by atoms with E-state index < -0.39 is 0 Å². The Labute approximate surface area is 79.9 Å². The van der Waals surface area contributed by atoms with Crippen molar-refractivity contribution in [1.29, 1.82) is 0 Å². The first-order valence-corrected chi connectivity index (χ1v) is 5.53. The van der Waals surface area contributed by atoms with E-state index in [1.165, 1.54) is 19.3 Å². The zero-order chi connectivity index (χ0) is 9.41. The van der Waals surface area contributed by atoms with Crippen LogP contribution >= 0.6 is 0 Å². The number of rotatable bonds is 1. The van der Waals surface area contributed by atoms with Gasteiger partial charge in [0.1, 0.15) is 0 Å². The van der Waals surface area contributed by atoms with E-state index >= 15 is 0 Å². The molecule has 0 saturated carbocycles. The maximum absolute atomic E-state index is 3.64. The Hall–Kier alpha value is 0.177. The predicted molar refractivity (Wildman–Crippen MR) is 54.5 cm³/mol. The van der Waals surface area contributed by atoms with Gasteiger partial charge in [0.2, 0.25) is 0 Å². The summed E-state index contributed by atoms with van der Waals surface area (Å²) in [5.41, 5.74) is 0.729. The SMILES string of the molecule is CC1(C)CCCC(C)(C)N1C[Si]. The molecule has 12 heavy (non-hydrogen) atoms. The minimum atomic E-state index is 0.365. The standard InChI is InChI=1S/C10H20NSi/c1-9(2)6-5-7-10(3,4)11(9)8-12/h5-8H2,1-4H3. The van der Waals surface area contributed by atoms with Gasteiger partial charge in [-0.2, -0.15) is 0 Å². The third-order valence-electron chi connectivity index (χ3n) is 3.20. The zero-order valence-corrected chi connectivity index (χ0v) is 9.78. The average molecular weight is 182 g/mol. The second-order valence-electron chi connectivity index (χ2n) is 5.06. The molecular weight excluding hydrogens is 162 g/mol. The van der Waals surface area contributed by atoms with E-state index in [1.807, 2.05) is 0 Å². The summed E-state index contributed by atoms with van der Waals surface area (Å²) in [6, 6.07) is 0. The molecule has 0 amide bonds. The molecule has 0 bridgehead atoms. The van der Waals surface area contributed by atoms with Gasteiger partial charge in [0.05, 0.1) is 0 Å². The summed E-state index contributed by atoms with van der Waals surface area (Å²) in [5.74, 6) is 0. The molecule has 1 saturated heterocycles. The second-order valence-corrected chi connectivity index (χ2v) is 5.38. The molecule has 0 aromatic rings. The quantitative estimate of drug-likeness (QED) is 0.562. The molecule has 1 fully saturated rings. The molecule has 0 unspecified atom stereocenters. The van der Waals surface area contributed by atoms with Gasteiger partial charge < -0.3 is 0 Å². The van der Waals surface area contributed by atoms with Gasteiger partial charge in [0, 0.05) is 21.3 Å². The number of hydrogen-bond donors (Lipinski definition) is 0. The molecule has 1 heterocycles. The highest BCUT2D eigenvalue weighted by Gasteiger charge is 2.39. The Kier molecular flexibility index (Phi) is 2.69. The summed E-state index contributed by atoms with van der Waals surface area (Å²) in [6.45, 7) is 9.37. The smallest absolute Gasteiger partial charge is 0.0433 e. The lowest BCUT2D eigenvalue weighted by molar-refractivity contribution is -0.00991. The van der Waals surface area contributed by atoms with E-state index in [-0.39, 0.29) is 0 Å². The van der Waals surface area contributed by atoms with Crippen molar-refractivity contribution < 1.29 is 0 Å². The van der Waals surface area contributed by atoms with Crippen LogP contribution in [-0.4, -0.2) is 32.4 Å². The normalized spacial score (nSPS) is 28.8. The molecule has 1 aliphatic rings. The van der Waals surface area contributed by atoms with Crippen LogP contribution in [0.3, 0.4) is 0 Å². The van der Waals surface area contributed by atoms with Crippen molar-refractivity contribution in [3.05, 3.63) is 0 Å². The summed E-state index contributed by atoms with van der Waals surface area (Å²) < 4.78 is 0. The van der Waals surface area contributed by atoms with Gasteiger partial charge in [-0.05, 0) is 53.1 Å². The maximum Gasteiger partial charge on any atom is 0.0433 e. The van der Waals surface area contributed by atoms with E-state index in [2.05, 4.69) is 42.8 Å². The highest BCUT2D eigenvalue weighted by Crippen LogP contribution is 2.37. The highest BCUT2D eigenvalue weighted by atomic mass is 28.1. The molecule has 0 aliphatic carbocycles. The largest absolute Gasteiger partial charge is 0.297 e. The summed E-state index contributed by atoms with van der Waals surface area (Å²) in [5, 5.41) is 0. The minimum absolute atomic E-state index is 0.365. The number of nitrogens with zero attached hydrogens (tertiary/aromatic N) is 1. The second kappa shape index (κ2) is 3.15. The van der Waals surface area contributed by atoms with Crippen molar-refractivity contribution in [2.75, 3.05) is 6.17 Å². The number of piperidine rings is 1.